The second kappa shape index (κ2) is 5.51. The molecule has 1 rings (SSSR count). The Morgan fingerprint density at radius 3 is 2.69 bits per heavy atom. The van der Waals surface area contributed by atoms with Gasteiger partial charge in [-0.2, -0.15) is 0 Å². The fourth-order valence-electron chi connectivity index (χ4n) is 1.17. The van der Waals surface area contributed by atoms with Crippen molar-refractivity contribution in [3.8, 4) is 5.75 Å². The van der Waals surface area contributed by atoms with Crippen LogP contribution in [0.3, 0.4) is 0 Å². The van der Waals surface area contributed by atoms with Crippen molar-refractivity contribution in [3.63, 3.8) is 0 Å². The quantitative estimate of drug-likeness (QED) is 0.627. The van der Waals surface area contributed by atoms with Gasteiger partial charge < -0.3 is 10.4 Å². The standard InChI is InChI=1S/C11H12ClNO3/c1-7-2-3-9(14)8(6-7)13-11(16)5-4-10(12)15/h2-3,6,14H,4-5H2,1H3,(H,13,16). The van der Waals surface area contributed by atoms with Gasteiger partial charge in [0.15, 0.2) is 0 Å². The summed E-state index contributed by atoms with van der Waals surface area (Å²) in [5, 5.41) is 11.4. The van der Waals surface area contributed by atoms with Gasteiger partial charge in [0.1, 0.15) is 5.75 Å². The second-order valence-electron chi connectivity index (χ2n) is 3.42. The third kappa shape index (κ3) is 3.90. The molecule has 1 amide bonds. The minimum atomic E-state index is -0.552. The molecule has 0 radical (unpaired) electrons. The van der Waals surface area contributed by atoms with Crippen LogP contribution in [-0.4, -0.2) is 16.3 Å². The number of benzene rings is 1. The number of phenolic OH excluding ortho intramolecular Hbond substituents is 1. The first kappa shape index (κ1) is 12.5. The van der Waals surface area contributed by atoms with Crippen LogP contribution in [-0.2, 0) is 9.59 Å². The molecule has 0 spiro atoms. The number of anilines is 1. The van der Waals surface area contributed by atoms with Crippen molar-refractivity contribution in [3.05, 3.63) is 23.8 Å². The van der Waals surface area contributed by atoms with Gasteiger partial charge in [-0.15, -0.1) is 0 Å². The summed E-state index contributed by atoms with van der Waals surface area (Å²) in [5.41, 5.74) is 1.26. The molecular weight excluding hydrogens is 230 g/mol. The average molecular weight is 242 g/mol. The molecule has 2 N–H and O–H groups in total. The van der Waals surface area contributed by atoms with Crippen molar-refractivity contribution in [1.82, 2.24) is 0 Å². The summed E-state index contributed by atoms with van der Waals surface area (Å²) in [5.74, 6) is -0.356. The number of hydrogen-bond acceptors (Lipinski definition) is 3. The van der Waals surface area contributed by atoms with Crippen LogP contribution in [0.5, 0.6) is 5.75 Å². The molecule has 16 heavy (non-hydrogen) atoms. The molecule has 0 aliphatic rings. The van der Waals surface area contributed by atoms with Crippen LogP contribution in [0, 0.1) is 6.92 Å². The van der Waals surface area contributed by atoms with Gasteiger partial charge in [-0.3, -0.25) is 9.59 Å². The Morgan fingerprint density at radius 2 is 2.06 bits per heavy atom. The highest BCUT2D eigenvalue weighted by atomic mass is 35.5. The topological polar surface area (TPSA) is 66.4 Å². The van der Waals surface area contributed by atoms with Crippen LogP contribution in [0.25, 0.3) is 0 Å². The monoisotopic (exact) mass is 241 g/mol. The highest BCUT2D eigenvalue weighted by molar-refractivity contribution is 6.63. The van der Waals surface area contributed by atoms with Crippen LogP contribution in [0.4, 0.5) is 5.69 Å². The molecule has 0 saturated carbocycles. The summed E-state index contributed by atoms with van der Waals surface area (Å²) in [4.78, 5) is 21.8. The lowest BCUT2D eigenvalue weighted by Crippen LogP contribution is -2.12. The number of carbonyl (C=O) groups excluding carboxylic acids is 2. The Morgan fingerprint density at radius 1 is 1.38 bits per heavy atom. The molecule has 5 heteroatoms. The van der Waals surface area contributed by atoms with E-state index in [9.17, 15) is 14.7 Å². The zero-order valence-corrected chi connectivity index (χ0v) is 9.54. The lowest BCUT2D eigenvalue weighted by atomic mass is 10.2. The fraction of sp³-hybridized carbons (Fsp3) is 0.273. The van der Waals surface area contributed by atoms with E-state index in [0.29, 0.717) is 5.69 Å². The molecular formula is C11H12ClNO3. The molecule has 0 aliphatic heterocycles. The SMILES string of the molecule is Cc1ccc(O)c(NC(=O)CCC(=O)Cl)c1. The van der Waals surface area contributed by atoms with E-state index < -0.39 is 5.24 Å². The van der Waals surface area contributed by atoms with Gasteiger partial charge in [-0.25, -0.2) is 0 Å². The highest BCUT2D eigenvalue weighted by Crippen LogP contribution is 2.23. The number of phenols is 1. The maximum atomic E-state index is 11.3. The number of amides is 1. The van der Waals surface area contributed by atoms with Crippen LogP contribution in [0.15, 0.2) is 18.2 Å². The molecule has 0 aliphatic carbocycles. The highest BCUT2D eigenvalue weighted by Gasteiger charge is 2.08. The largest absolute Gasteiger partial charge is 0.506 e. The summed E-state index contributed by atoms with van der Waals surface area (Å²) in [6, 6.07) is 4.88. The van der Waals surface area contributed by atoms with E-state index in [-0.39, 0.29) is 24.5 Å². The van der Waals surface area contributed by atoms with Gasteiger partial charge in [-0.05, 0) is 36.2 Å². The average Bonchev–Trinajstić information content (AvgIpc) is 2.20. The predicted molar refractivity (Wildman–Crippen MR) is 61.6 cm³/mol. The molecule has 0 atom stereocenters. The number of aromatic hydroxyl groups is 1. The lowest BCUT2D eigenvalue weighted by molar-refractivity contribution is -0.119. The molecule has 0 unspecified atom stereocenters. The summed E-state index contributed by atoms with van der Waals surface area (Å²) in [7, 11) is 0. The number of halogens is 1. The Balaban J connectivity index is 2.62. The number of rotatable bonds is 4. The maximum Gasteiger partial charge on any atom is 0.224 e. The van der Waals surface area contributed by atoms with Crippen molar-refractivity contribution in [1.29, 1.82) is 0 Å². The molecule has 0 heterocycles. The Bertz CT molecular complexity index is 418. The fourth-order valence-corrected chi connectivity index (χ4v) is 1.27. The van der Waals surface area contributed by atoms with Gasteiger partial charge in [0.05, 0.1) is 5.69 Å². The van der Waals surface area contributed by atoms with Crippen molar-refractivity contribution < 1.29 is 14.7 Å². The second-order valence-corrected chi connectivity index (χ2v) is 3.85. The molecule has 1 aromatic carbocycles. The number of hydrogen-bond donors (Lipinski definition) is 2. The van der Waals surface area contributed by atoms with Gasteiger partial charge in [0, 0.05) is 12.8 Å². The van der Waals surface area contributed by atoms with E-state index in [4.69, 9.17) is 11.6 Å². The third-order valence-electron chi connectivity index (χ3n) is 1.97. The smallest absolute Gasteiger partial charge is 0.224 e. The first-order chi connectivity index (χ1) is 7.49. The first-order valence-electron chi connectivity index (χ1n) is 4.77. The summed E-state index contributed by atoms with van der Waals surface area (Å²) < 4.78 is 0. The summed E-state index contributed by atoms with van der Waals surface area (Å²) in [6.45, 7) is 1.84. The zero-order valence-electron chi connectivity index (χ0n) is 8.79. The Hall–Kier alpha value is -1.55. The molecule has 0 fully saturated rings. The number of carbonyl (C=O) groups is 2. The van der Waals surface area contributed by atoms with Crippen LogP contribution in [0.1, 0.15) is 18.4 Å². The van der Waals surface area contributed by atoms with E-state index in [1.807, 2.05) is 6.92 Å². The normalized spacial score (nSPS) is 9.88. The molecule has 0 aromatic heterocycles. The van der Waals surface area contributed by atoms with Crippen molar-refractivity contribution in [2.75, 3.05) is 5.32 Å². The molecule has 1 aromatic rings. The van der Waals surface area contributed by atoms with Crippen molar-refractivity contribution >= 4 is 28.4 Å². The Labute approximate surface area is 98.2 Å². The van der Waals surface area contributed by atoms with Gasteiger partial charge in [0.2, 0.25) is 11.1 Å². The number of aryl methyl sites for hydroxylation is 1. The van der Waals surface area contributed by atoms with Crippen molar-refractivity contribution in [2.24, 2.45) is 0 Å². The predicted octanol–water partition coefficient (Wildman–Crippen LogP) is 2.18. The van der Waals surface area contributed by atoms with Crippen LogP contribution >= 0.6 is 11.6 Å². The third-order valence-corrected chi connectivity index (χ3v) is 2.16. The van der Waals surface area contributed by atoms with Gasteiger partial charge >= 0.3 is 0 Å². The molecule has 0 saturated heterocycles. The first-order valence-corrected chi connectivity index (χ1v) is 5.14. The van der Waals surface area contributed by atoms with Gasteiger partial charge in [0.25, 0.3) is 0 Å². The summed E-state index contributed by atoms with van der Waals surface area (Å²) in [6.07, 6.45) is -0.00428. The molecule has 86 valence electrons. The summed E-state index contributed by atoms with van der Waals surface area (Å²) >= 11 is 5.11. The van der Waals surface area contributed by atoms with E-state index in [0.717, 1.165) is 5.56 Å². The molecule has 0 bridgehead atoms. The van der Waals surface area contributed by atoms with E-state index in [2.05, 4.69) is 5.32 Å². The maximum absolute atomic E-state index is 11.3. The van der Waals surface area contributed by atoms with Gasteiger partial charge in [-0.1, -0.05) is 6.07 Å². The van der Waals surface area contributed by atoms with Crippen molar-refractivity contribution in [2.45, 2.75) is 19.8 Å². The lowest BCUT2D eigenvalue weighted by Gasteiger charge is -2.07. The zero-order chi connectivity index (χ0) is 12.1. The van der Waals surface area contributed by atoms with E-state index >= 15 is 0 Å². The molecule has 4 nitrogen and oxygen atoms in total. The Kier molecular flexibility index (Phi) is 4.31. The minimum Gasteiger partial charge on any atom is -0.506 e. The van der Waals surface area contributed by atoms with Crippen LogP contribution < -0.4 is 5.32 Å². The number of nitrogens with one attached hydrogen (secondary N) is 1. The van der Waals surface area contributed by atoms with E-state index in [1.165, 1.54) is 6.07 Å². The van der Waals surface area contributed by atoms with E-state index in [1.54, 1.807) is 12.1 Å². The van der Waals surface area contributed by atoms with Crippen LogP contribution in [0.2, 0.25) is 0 Å². The minimum absolute atomic E-state index is 0.00356.